The molecule has 0 saturated carbocycles. The van der Waals surface area contributed by atoms with Crippen molar-refractivity contribution in [1.82, 2.24) is 0 Å². The summed E-state index contributed by atoms with van der Waals surface area (Å²) in [6, 6.07) is 4.43. The number of amidine groups is 1. The maximum absolute atomic E-state index is 11.9. The number of benzene rings is 1. The van der Waals surface area contributed by atoms with Crippen molar-refractivity contribution in [3.05, 3.63) is 29.3 Å². The second kappa shape index (κ2) is 4.42. The van der Waals surface area contributed by atoms with Crippen LogP contribution in [0.15, 0.2) is 18.2 Å². The Morgan fingerprint density at radius 3 is 2.56 bits per heavy atom. The van der Waals surface area contributed by atoms with E-state index < -0.39 is 12.8 Å². The number of nitrogens with one attached hydrogen (secondary N) is 1. The highest BCUT2D eigenvalue weighted by molar-refractivity contribution is 5.95. The third kappa shape index (κ3) is 3.45. The molecule has 0 aliphatic rings. The second-order valence-corrected chi connectivity index (χ2v) is 3.30. The molecule has 0 aliphatic heterocycles. The molecule has 3 N–H and O–H groups in total. The Hall–Kier alpha value is -1.72. The van der Waals surface area contributed by atoms with Gasteiger partial charge in [-0.3, -0.25) is 5.41 Å². The molecule has 88 valence electrons. The fourth-order valence-corrected chi connectivity index (χ4v) is 1.08. The van der Waals surface area contributed by atoms with Crippen molar-refractivity contribution >= 4 is 5.84 Å². The first kappa shape index (κ1) is 12.4. The van der Waals surface area contributed by atoms with Gasteiger partial charge in [-0.2, -0.15) is 13.2 Å². The summed E-state index contributed by atoms with van der Waals surface area (Å²) in [6.07, 6.45) is -4.38. The van der Waals surface area contributed by atoms with Gasteiger partial charge in [0, 0.05) is 5.56 Å². The van der Waals surface area contributed by atoms with E-state index in [0.717, 1.165) is 0 Å². The number of aryl methyl sites for hydroxylation is 1. The highest BCUT2D eigenvalue weighted by Crippen LogP contribution is 2.22. The van der Waals surface area contributed by atoms with Gasteiger partial charge in [0.1, 0.15) is 11.6 Å². The van der Waals surface area contributed by atoms with Crippen molar-refractivity contribution in [2.45, 2.75) is 13.1 Å². The van der Waals surface area contributed by atoms with Crippen molar-refractivity contribution in [1.29, 1.82) is 5.41 Å². The van der Waals surface area contributed by atoms with Gasteiger partial charge < -0.3 is 10.5 Å². The molecule has 16 heavy (non-hydrogen) atoms. The van der Waals surface area contributed by atoms with Gasteiger partial charge in [-0.25, -0.2) is 0 Å². The number of hydrogen-bond acceptors (Lipinski definition) is 2. The molecule has 0 radical (unpaired) electrons. The maximum Gasteiger partial charge on any atom is 0.422 e. The molecule has 0 fully saturated rings. The molecule has 1 aromatic rings. The molecule has 1 rings (SSSR count). The van der Waals surface area contributed by atoms with E-state index in [1.165, 1.54) is 6.07 Å². The zero-order valence-electron chi connectivity index (χ0n) is 8.56. The predicted octanol–water partition coefficient (Wildman–Crippen LogP) is 2.22. The number of halogens is 3. The monoisotopic (exact) mass is 232 g/mol. The Bertz CT molecular complexity index is 402. The van der Waals surface area contributed by atoms with Gasteiger partial charge in [0.25, 0.3) is 0 Å². The topological polar surface area (TPSA) is 59.1 Å². The van der Waals surface area contributed by atoms with Crippen LogP contribution in [0.5, 0.6) is 5.75 Å². The lowest BCUT2D eigenvalue weighted by Gasteiger charge is -2.12. The zero-order chi connectivity index (χ0) is 12.3. The van der Waals surface area contributed by atoms with Crippen LogP contribution in [0.4, 0.5) is 13.2 Å². The van der Waals surface area contributed by atoms with Crippen molar-refractivity contribution in [2.24, 2.45) is 5.73 Å². The lowest BCUT2D eigenvalue weighted by Crippen LogP contribution is -2.20. The van der Waals surface area contributed by atoms with Crippen molar-refractivity contribution < 1.29 is 17.9 Å². The first-order valence-corrected chi connectivity index (χ1v) is 4.44. The maximum atomic E-state index is 11.9. The van der Waals surface area contributed by atoms with Crippen LogP contribution in [-0.2, 0) is 0 Å². The van der Waals surface area contributed by atoms with Crippen LogP contribution in [0.3, 0.4) is 0 Å². The van der Waals surface area contributed by atoms with Crippen LogP contribution in [0.1, 0.15) is 11.1 Å². The molecule has 0 atom stereocenters. The lowest BCUT2D eigenvalue weighted by molar-refractivity contribution is -0.153. The van der Waals surface area contributed by atoms with Gasteiger partial charge in [0.05, 0.1) is 0 Å². The molecule has 0 saturated heterocycles. The third-order valence-electron chi connectivity index (χ3n) is 1.89. The number of rotatable bonds is 3. The zero-order valence-corrected chi connectivity index (χ0v) is 8.56. The van der Waals surface area contributed by atoms with E-state index in [0.29, 0.717) is 11.1 Å². The first-order chi connectivity index (χ1) is 7.29. The Balaban J connectivity index is 2.86. The smallest absolute Gasteiger partial charge is 0.422 e. The van der Waals surface area contributed by atoms with E-state index in [9.17, 15) is 13.2 Å². The third-order valence-corrected chi connectivity index (χ3v) is 1.89. The number of nitrogen functional groups attached to an aromatic ring is 1. The van der Waals surface area contributed by atoms with E-state index >= 15 is 0 Å². The summed E-state index contributed by atoms with van der Waals surface area (Å²) in [5.74, 6) is -0.123. The number of hydrogen-bond donors (Lipinski definition) is 2. The SMILES string of the molecule is Cc1ccc(C(=N)N)cc1OCC(F)(F)F. The highest BCUT2D eigenvalue weighted by atomic mass is 19.4. The van der Waals surface area contributed by atoms with Crippen molar-refractivity contribution in [2.75, 3.05) is 6.61 Å². The van der Waals surface area contributed by atoms with Crippen LogP contribution in [0.2, 0.25) is 0 Å². The molecule has 0 bridgehead atoms. The fourth-order valence-electron chi connectivity index (χ4n) is 1.08. The van der Waals surface area contributed by atoms with Crippen LogP contribution < -0.4 is 10.5 Å². The molecule has 6 heteroatoms. The summed E-state index contributed by atoms with van der Waals surface area (Å²) in [7, 11) is 0. The predicted molar refractivity (Wildman–Crippen MR) is 53.7 cm³/mol. The summed E-state index contributed by atoms with van der Waals surface area (Å²) >= 11 is 0. The minimum atomic E-state index is -4.38. The van der Waals surface area contributed by atoms with E-state index in [1.807, 2.05) is 0 Å². The minimum absolute atomic E-state index is 0.0880. The average Bonchev–Trinajstić information content (AvgIpc) is 2.14. The quantitative estimate of drug-likeness (QED) is 0.620. The van der Waals surface area contributed by atoms with Crippen LogP contribution >= 0.6 is 0 Å². The summed E-state index contributed by atoms with van der Waals surface area (Å²) < 4.78 is 40.4. The van der Waals surface area contributed by atoms with E-state index in [4.69, 9.17) is 11.1 Å². The number of nitrogens with two attached hydrogens (primary N) is 1. The highest BCUT2D eigenvalue weighted by Gasteiger charge is 2.28. The van der Waals surface area contributed by atoms with Gasteiger partial charge in [-0.15, -0.1) is 0 Å². The van der Waals surface area contributed by atoms with Crippen LogP contribution in [0, 0.1) is 12.3 Å². The van der Waals surface area contributed by atoms with Gasteiger partial charge in [-0.1, -0.05) is 12.1 Å². The van der Waals surface area contributed by atoms with Gasteiger partial charge in [-0.05, 0) is 18.6 Å². The standard InChI is InChI=1S/C10H11F3N2O/c1-6-2-3-7(9(14)15)4-8(6)16-5-10(11,12)13/h2-4H,5H2,1H3,(H3,14,15). The molecule has 3 nitrogen and oxygen atoms in total. The number of alkyl halides is 3. The van der Waals surface area contributed by atoms with E-state index in [2.05, 4.69) is 4.74 Å². The molecule has 0 unspecified atom stereocenters. The normalized spacial score (nSPS) is 11.2. The second-order valence-electron chi connectivity index (χ2n) is 3.30. The van der Waals surface area contributed by atoms with Gasteiger partial charge >= 0.3 is 6.18 Å². The lowest BCUT2D eigenvalue weighted by atomic mass is 10.1. The van der Waals surface area contributed by atoms with Crippen molar-refractivity contribution in [3.63, 3.8) is 0 Å². The first-order valence-electron chi connectivity index (χ1n) is 4.44. The molecular formula is C10H11F3N2O. The van der Waals surface area contributed by atoms with Gasteiger partial charge in [0.2, 0.25) is 0 Å². The number of ether oxygens (including phenoxy) is 1. The van der Waals surface area contributed by atoms with Crippen molar-refractivity contribution in [3.8, 4) is 5.75 Å². The minimum Gasteiger partial charge on any atom is -0.484 e. The average molecular weight is 232 g/mol. The summed E-state index contributed by atoms with van der Waals surface area (Å²) in [4.78, 5) is 0. The van der Waals surface area contributed by atoms with E-state index in [1.54, 1.807) is 19.1 Å². The Morgan fingerprint density at radius 1 is 1.44 bits per heavy atom. The summed E-state index contributed by atoms with van der Waals surface area (Å²) in [6.45, 7) is 0.269. The molecule has 0 amide bonds. The molecule has 0 aromatic heterocycles. The summed E-state index contributed by atoms with van der Waals surface area (Å²) in [5, 5.41) is 7.16. The largest absolute Gasteiger partial charge is 0.484 e. The fraction of sp³-hybridized carbons (Fsp3) is 0.300. The van der Waals surface area contributed by atoms with Crippen LogP contribution in [0.25, 0.3) is 0 Å². The van der Waals surface area contributed by atoms with Gasteiger partial charge in [0.15, 0.2) is 6.61 Å². The molecule has 1 aromatic carbocycles. The van der Waals surface area contributed by atoms with Crippen LogP contribution in [-0.4, -0.2) is 18.6 Å². The summed E-state index contributed by atoms with van der Waals surface area (Å²) in [5.41, 5.74) is 6.12. The molecule has 0 aliphatic carbocycles. The Labute approximate surface area is 90.5 Å². The Morgan fingerprint density at radius 2 is 2.06 bits per heavy atom. The molecule has 0 spiro atoms. The molecule has 0 heterocycles. The molecular weight excluding hydrogens is 221 g/mol. The van der Waals surface area contributed by atoms with E-state index in [-0.39, 0.29) is 11.6 Å². The Kier molecular flexibility index (Phi) is 3.41.